The highest BCUT2D eigenvalue weighted by atomic mass is 15.5. The van der Waals surface area contributed by atoms with E-state index in [0.717, 1.165) is 36.6 Å². The van der Waals surface area contributed by atoms with E-state index in [1.807, 2.05) is 10.9 Å². The first kappa shape index (κ1) is 19.8. The van der Waals surface area contributed by atoms with Crippen LogP contribution in [-0.2, 0) is 13.1 Å². The third kappa shape index (κ3) is 4.74. The number of likely N-dealkylation sites (tertiary alicyclic amines) is 1. The lowest BCUT2D eigenvalue weighted by Crippen LogP contribution is -2.37. The molecule has 1 aliphatic rings. The van der Waals surface area contributed by atoms with Crippen molar-refractivity contribution in [2.24, 2.45) is 0 Å². The molecule has 0 saturated carbocycles. The molecule has 0 aliphatic carbocycles. The second-order valence-electron chi connectivity index (χ2n) is 7.87. The van der Waals surface area contributed by atoms with Crippen molar-refractivity contribution < 1.29 is 0 Å². The zero-order chi connectivity index (χ0) is 20.1. The zero-order valence-corrected chi connectivity index (χ0v) is 17.5. The maximum atomic E-state index is 4.86. The third-order valence-electron chi connectivity index (χ3n) is 5.92. The van der Waals surface area contributed by atoms with E-state index in [2.05, 4.69) is 72.6 Å². The van der Waals surface area contributed by atoms with E-state index in [0.29, 0.717) is 12.6 Å². The molecule has 0 radical (unpaired) electrons. The number of rotatable bonds is 8. The van der Waals surface area contributed by atoms with Crippen molar-refractivity contribution in [1.29, 1.82) is 0 Å². The highest BCUT2D eigenvalue weighted by molar-refractivity contribution is 5.60. The summed E-state index contributed by atoms with van der Waals surface area (Å²) in [5.74, 6) is 0. The van der Waals surface area contributed by atoms with Gasteiger partial charge in [0.05, 0.1) is 6.54 Å². The van der Waals surface area contributed by atoms with E-state index in [9.17, 15) is 0 Å². The Morgan fingerprint density at radius 2 is 1.83 bits per heavy atom. The summed E-state index contributed by atoms with van der Waals surface area (Å²) in [6.07, 6.45) is 2.59. The Morgan fingerprint density at radius 3 is 2.62 bits per heavy atom. The predicted molar refractivity (Wildman–Crippen MR) is 118 cm³/mol. The van der Waals surface area contributed by atoms with Crippen LogP contribution in [0.25, 0.3) is 11.3 Å². The quantitative estimate of drug-likeness (QED) is 0.635. The van der Waals surface area contributed by atoms with Crippen LogP contribution >= 0.6 is 0 Å². The van der Waals surface area contributed by atoms with Crippen molar-refractivity contribution >= 4 is 0 Å². The van der Waals surface area contributed by atoms with Gasteiger partial charge < -0.3 is 5.32 Å². The van der Waals surface area contributed by atoms with Crippen molar-refractivity contribution in [3.8, 4) is 11.3 Å². The molecule has 1 aromatic heterocycles. The second kappa shape index (κ2) is 9.33. The van der Waals surface area contributed by atoms with Gasteiger partial charge in [0.2, 0.25) is 0 Å². The smallest absolute Gasteiger partial charge is 0.117 e. The molecule has 5 heteroatoms. The van der Waals surface area contributed by atoms with Gasteiger partial charge in [-0.3, -0.25) is 4.90 Å². The molecule has 2 aromatic carbocycles. The van der Waals surface area contributed by atoms with E-state index in [1.165, 1.54) is 30.5 Å². The molecule has 1 saturated heterocycles. The summed E-state index contributed by atoms with van der Waals surface area (Å²) in [6, 6.07) is 19.5. The highest BCUT2D eigenvalue weighted by Crippen LogP contribution is 2.21. The van der Waals surface area contributed by atoms with Crippen LogP contribution in [0, 0.1) is 6.92 Å². The molecule has 4 rings (SSSR count). The maximum absolute atomic E-state index is 4.86. The lowest BCUT2D eigenvalue weighted by molar-refractivity contribution is 0.259. The summed E-state index contributed by atoms with van der Waals surface area (Å²) < 4.78 is 0. The van der Waals surface area contributed by atoms with Gasteiger partial charge in [0, 0.05) is 24.7 Å². The standard InChI is InChI=1S/C24H31N5/c1-3-28-15-9-14-22(28)16-25-17-23-24(20-11-5-4-6-12-20)27-29(26-23)18-21-13-8-7-10-19(21)2/h4-8,10-13,22,25H,3,9,14-18H2,1-2H3/t22-/m0/s1. The monoisotopic (exact) mass is 389 g/mol. The molecule has 152 valence electrons. The lowest BCUT2D eigenvalue weighted by Gasteiger charge is -2.22. The molecule has 0 bridgehead atoms. The van der Waals surface area contributed by atoms with Gasteiger partial charge in [0.25, 0.3) is 0 Å². The van der Waals surface area contributed by atoms with Crippen molar-refractivity contribution in [2.75, 3.05) is 19.6 Å². The molecular formula is C24H31N5. The van der Waals surface area contributed by atoms with Gasteiger partial charge in [-0.1, -0.05) is 61.5 Å². The minimum absolute atomic E-state index is 0.641. The number of benzene rings is 2. The molecule has 0 spiro atoms. The SMILES string of the molecule is CCN1CCC[C@H]1CNCc1nn(Cc2ccccc2C)nc1-c1ccccc1. The molecule has 3 aromatic rings. The number of hydrogen-bond acceptors (Lipinski definition) is 4. The fourth-order valence-corrected chi connectivity index (χ4v) is 4.23. The molecular weight excluding hydrogens is 358 g/mol. The summed E-state index contributed by atoms with van der Waals surface area (Å²) in [4.78, 5) is 4.41. The van der Waals surface area contributed by atoms with Gasteiger partial charge in [0.1, 0.15) is 11.4 Å². The van der Waals surface area contributed by atoms with Crippen LogP contribution < -0.4 is 5.32 Å². The summed E-state index contributed by atoms with van der Waals surface area (Å²) >= 11 is 0. The summed E-state index contributed by atoms with van der Waals surface area (Å²) in [7, 11) is 0. The van der Waals surface area contributed by atoms with Gasteiger partial charge in [0.15, 0.2) is 0 Å². The van der Waals surface area contributed by atoms with Crippen LogP contribution in [-0.4, -0.2) is 45.6 Å². The molecule has 0 amide bonds. The normalized spacial score (nSPS) is 17.1. The number of nitrogens with zero attached hydrogens (tertiary/aromatic N) is 4. The number of hydrogen-bond donors (Lipinski definition) is 1. The fraction of sp³-hybridized carbons (Fsp3) is 0.417. The van der Waals surface area contributed by atoms with Crippen molar-refractivity contribution in [3.05, 3.63) is 71.4 Å². The number of aryl methyl sites for hydroxylation is 1. The highest BCUT2D eigenvalue weighted by Gasteiger charge is 2.22. The minimum Gasteiger partial charge on any atom is -0.309 e. The lowest BCUT2D eigenvalue weighted by atomic mass is 10.1. The Bertz CT molecular complexity index is 918. The topological polar surface area (TPSA) is 46.0 Å². The average Bonchev–Trinajstić information content (AvgIpc) is 3.37. The van der Waals surface area contributed by atoms with E-state index >= 15 is 0 Å². The first-order valence-electron chi connectivity index (χ1n) is 10.7. The van der Waals surface area contributed by atoms with Gasteiger partial charge in [-0.05, 0) is 44.0 Å². The largest absolute Gasteiger partial charge is 0.309 e. The molecule has 0 unspecified atom stereocenters. The van der Waals surface area contributed by atoms with Crippen LogP contribution in [0.4, 0.5) is 0 Å². The van der Waals surface area contributed by atoms with Crippen LogP contribution in [0.3, 0.4) is 0 Å². The maximum Gasteiger partial charge on any atom is 0.117 e. The minimum atomic E-state index is 0.641. The van der Waals surface area contributed by atoms with Crippen LogP contribution in [0.1, 0.15) is 36.6 Å². The van der Waals surface area contributed by atoms with E-state index in [-0.39, 0.29) is 0 Å². The molecule has 1 N–H and O–H groups in total. The van der Waals surface area contributed by atoms with Gasteiger partial charge in [-0.25, -0.2) is 0 Å². The summed E-state index contributed by atoms with van der Waals surface area (Å²) in [5.41, 5.74) is 5.64. The Kier molecular flexibility index (Phi) is 6.37. The van der Waals surface area contributed by atoms with E-state index in [1.54, 1.807) is 0 Å². The second-order valence-corrected chi connectivity index (χ2v) is 7.87. The first-order chi connectivity index (χ1) is 14.2. The molecule has 5 nitrogen and oxygen atoms in total. The van der Waals surface area contributed by atoms with Gasteiger partial charge in [-0.2, -0.15) is 15.0 Å². The third-order valence-corrected chi connectivity index (χ3v) is 5.92. The summed E-state index contributed by atoms with van der Waals surface area (Å²) in [5, 5.41) is 13.4. The van der Waals surface area contributed by atoms with Gasteiger partial charge >= 0.3 is 0 Å². The Balaban J connectivity index is 1.51. The average molecular weight is 390 g/mol. The first-order valence-corrected chi connectivity index (χ1v) is 10.7. The summed E-state index contributed by atoms with van der Waals surface area (Å²) in [6.45, 7) is 9.19. The van der Waals surface area contributed by atoms with Crippen LogP contribution in [0.2, 0.25) is 0 Å². The Labute approximate surface area is 173 Å². The van der Waals surface area contributed by atoms with E-state index < -0.39 is 0 Å². The van der Waals surface area contributed by atoms with Gasteiger partial charge in [-0.15, -0.1) is 0 Å². The molecule has 29 heavy (non-hydrogen) atoms. The fourth-order valence-electron chi connectivity index (χ4n) is 4.23. The molecule has 1 atom stereocenters. The van der Waals surface area contributed by atoms with Crippen molar-refractivity contribution in [1.82, 2.24) is 25.2 Å². The molecule has 1 aliphatic heterocycles. The Morgan fingerprint density at radius 1 is 1.03 bits per heavy atom. The van der Waals surface area contributed by atoms with Crippen LogP contribution in [0.15, 0.2) is 54.6 Å². The number of aromatic nitrogens is 3. The van der Waals surface area contributed by atoms with Crippen LogP contribution in [0.5, 0.6) is 0 Å². The molecule has 2 heterocycles. The van der Waals surface area contributed by atoms with Crippen molar-refractivity contribution in [3.63, 3.8) is 0 Å². The number of nitrogens with one attached hydrogen (secondary N) is 1. The predicted octanol–water partition coefficient (Wildman–Crippen LogP) is 3.88. The van der Waals surface area contributed by atoms with E-state index in [4.69, 9.17) is 10.2 Å². The van der Waals surface area contributed by atoms with Crippen molar-refractivity contribution in [2.45, 2.75) is 45.8 Å². The molecule has 1 fully saturated rings. The Hall–Kier alpha value is -2.50. The number of likely N-dealkylation sites (N-methyl/N-ethyl adjacent to an activating group) is 1. The zero-order valence-electron chi connectivity index (χ0n) is 17.5.